The number of nitrogens with zero attached hydrogens (tertiary/aromatic N) is 2. The fourth-order valence-electron chi connectivity index (χ4n) is 4.53. The van der Waals surface area contributed by atoms with E-state index in [9.17, 15) is 14.4 Å². The van der Waals surface area contributed by atoms with Crippen molar-refractivity contribution < 1.29 is 28.2 Å². The SMILES string of the molecule is COc1cc(C2c3c(oc4ccc(Cl)cc4c3=O)C(=O)N2c2nc(C)c(C(C)=O)s2)cc(OC)c1OC. The largest absolute Gasteiger partial charge is 0.493 e. The van der Waals surface area contributed by atoms with E-state index in [1.54, 1.807) is 31.2 Å². The molecule has 0 saturated carbocycles. The molecule has 37 heavy (non-hydrogen) atoms. The molecule has 0 N–H and O–H groups in total. The van der Waals surface area contributed by atoms with Crippen LogP contribution < -0.4 is 24.5 Å². The van der Waals surface area contributed by atoms with Crippen molar-refractivity contribution >= 4 is 50.7 Å². The number of anilines is 1. The van der Waals surface area contributed by atoms with Crippen molar-refractivity contribution in [3.63, 3.8) is 0 Å². The molecule has 0 bridgehead atoms. The van der Waals surface area contributed by atoms with Crippen LogP contribution in [0.4, 0.5) is 5.13 Å². The van der Waals surface area contributed by atoms with Crippen LogP contribution >= 0.6 is 22.9 Å². The normalized spacial score (nSPS) is 14.7. The minimum atomic E-state index is -0.957. The molecule has 0 saturated heterocycles. The number of amides is 1. The smallest absolute Gasteiger partial charge is 0.297 e. The Labute approximate surface area is 220 Å². The van der Waals surface area contributed by atoms with Crippen LogP contribution in [0, 0.1) is 6.92 Å². The fraction of sp³-hybridized carbons (Fsp3) is 0.231. The number of aromatic nitrogens is 1. The van der Waals surface area contributed by atoms with E-state index < -0.39 is 17.4 Å². The molecule has 5 rings (SSSR count). The van der Waals surface area contributed by atoms with E-state index in [0.717, 1.165) is 11.3 Å². The lowest BCUT2D eigenvalue weighted by molar-refractivity contribution is 0.0969. The quantitative estimate of drug-likeness (QED) is 0.307. The molecular formula is C26H21ClN2O7S. The number of halogens is 1. The Morgan fingerprint density at radius 3 is 2.32 bits per heavy atom. The first-order valence-electron chi connectivity index (χ1n) is 11.1. The molecule has 1 aliphatic heterocycles. The molecule has 0 radical (unpaired) electrons. The zero-order valence-corrected chi connectivity index (χ0v) is 22.1. The average molecular weight is 541 g/mol. The van der Waals surface area contributed by atoms with E-state index in [-0.39, 0.29) is 33.2 Å². The molecule has 11 heteroatoms. The Balaban J connectivity index is 1.84. The van der Waals surface area contributed by atoms with E-state index >= 15 is 0 Å². The summed E-state index contributed by atoms with van der Waals surface area (Å²) in [5.41, 5.74) is 0.912. The van der Waals surface area contributed by atoms with Gasteiger partial charge in [-0.2, -0.15) is 0 Å². The van der Waals surface area contributed by atoms with Gasteiger partial charge < -0.3 is 18.6 Å². The Kier molecular flexibility index (Phi) is 6.17. The molecule has 1 amide bonds. The molecule has 0 aliphatic carbocycles. The number of rotatable bonds is 6. The van der Waals surface area contributed by atoms with Crippen LogP contribution in [0.5, 0.6) is 17.2 Å². The maximum Gasteiger partial charge on any atom is 0.297 e. The lowest BCUT2D eigenvalue weighted by Crippen LogP contribution is -2.29. The van der Waals surface area contributed by atoms with Crippen molar-refractivity contribution in [3.8, 4) is 17.2 Å². The van der Waals surface area contributed by atoms with Gasteiger partial charge in [-0.25, -0.2) is 4.98 Å². The third-order valence-corrected chi connectivity index (χ3v) is 7.64. The number of benzene rings is 2. The van der Waals surface area contributed by atoms with Crippen molar-refractivity contribution in [3.05, 3.63) is 73.0 Å². The van der Waals surface area contributed by atoms with Crippen molar-refractivity contribution in [2.45, 2.75) is 19.9 Å². The number of Topliss-reactive ketones (excluding diaryl/α,β-unsaturated/α-hetero) is 1. The van der Waals surface area contributed by atoms with Gasteiger partial charge in [-0.3, -0.25) is 19.3 Å². The molecule has 2 aromatic heterocycles. The maximum absolute atomic E-state index is 13.8. The molecule has 4 aromatic rings. The van der Waals surface area contributed by atoms with E-state index in [1.807, 2.05) is 0 Å². The van der Waals surface area contributed by atoms with Gasteiger partial charge in [0.15, 0.2) is 27.8 Å². The van der Waals surface area contributed by atoms with Crippen molar-refractivity contribution in [1.29, 1.82) is 0 Å². The third-order valence-electron chi connectivity index (χ3n) is 6.15. The van der Waals surface area contributed by atoms with Gasteiger partial charge in [0, 0.05) is 11.9 Å². The van der Waals surface area contributed by atoms with Crippen LogP contribution in [-0.2, 0) is 0 Å². The van der Waals surface area contributed by atoms with Crippen molar-refractivity contribution in [2.24, 2.45) is 0 Å². The van der Waals surface area contributed by atoms with Crippen LogP contribution in [0.1, 0.15) is 50.0 Å². The summed E-state index contributed by atoms with van der Waals surface area (Å²) in [7, 11) is 4.42. The van der Waals surface area contributed by atoms with Crippen LogP contribution in [-0.4, -0.2) is 38.0 Å². The first-order chi connectivity index (χ1) is 17.7. The Hall–Kier alpha value is -3.89. The lowest BCUT2D eigenvalue weighted by Gasteiger charge is -2.24. The highest BCUT2D eigenvalue weighted by molar-refractivity contribution is 7.17. The van der Waals surface area contributed by atoms with Gasteiger partial charge >= 0.3 is 0 Å². The third kappa shape index (κ3) is 3.84. The second kappa shape index (κ2) is 9.20. The predicted molar refractivity (Wildman–Crippen MR) is 139 cm³/mol. The van der Waals surface area contributed by atoms with Crippen LogP contribution in [0.2, 0.25) is 5.02 Å². The van der Waals surface area contributed by atoms with Gasteiger partial charge in [-0.15, -0.1) is 0 Å². The maximum atomic E-state index is 13.8. The second-order valence-corrected chi connectivity index (χ2v) is 9.73. The predicted octanol–water partition coefficient (Wildman–Crippen LogP) is 5.19. The summed E-state index contributed by atoms with van der Waals surface area (Å²) in [6.45, 7) is 3.13. The zero-order chi connectivity index (χ0) is 26.6. The highest BCUT2D eigenvalue weighted by Crippen LogP contribution is 2.47. The molecular weight excluding hydrogens is 520 g/mol. The van der Waals surface area contributed by atoms with Crippen LogP contribution in [0.15, 0.2) is 39.5 Å². The van der Waals surface area contributed by atoms with Gasteiger partial charge in [-0.1, -0.05) is 22.9 Å². The highest BCUT2D eigenvalue weighted by Gasteiger charge is 2.46. The standard InChI is InChI=1S/C26H21ClN2O7S/c1-11-24(12(2)30)37-26(28-11)29-20(13-8-17(33-3)22(35-5)18(9-13)34-4)19-21(31)15-10-14(27)6-7-16(15)36-23(19)25(29)32/h6-10,20H,1-5H3. The monoisotopic (exact) mass is 540 g/mol. The number of hydrogen-bond acceptors (Lipinski definition) is 9. The number of fused-ring (bicyclic) bond motifs is 2. The molecule has 1 unspecified atom stereocenters. The van der Waals surface area contributed by atoms with Crippen molar-refractivity contribution in [2.75, 3.05) is 26.2 Å². The number of carbonyl (C=O) groups is 2. The Bertz CT molecular complexity index is 1630. The Morgan fingerprint density at radius 2 is 1.76 bits per heavy atom. The lowest BCUT2D eigenvalue weighted by atomic mass is 9.98. The molecule has 3 heterocycles. The molecule has 1 atom stereocenters. The average Bonchev–Trinajstić information content (AvgIpc) is 3.41. The Morgan fingerprint density at radius 1 is 1.08 bits per heavy atom. The highest BCUT2D eigenvalue weighted by atomic mass is 35.5. The van der Waals surface area contributed by atoms with E-state index in [4.69, 9.17) is 30.2 Å². The number of aryl methyl sites for hydroxylation is 1. The molecule has 9 nitrogen and oxygen atoms in total. The van der Waals surface area contributed by atoms with Gasteiger partial charge in [-0.05, 0) is 42.8 Å². The second-order valence-electron chi connectivity index (χ2n) is 8.32. The summed E-state index contributed by atoms with van der Waals surface area (Å²) in [5.74, 6) is 0.175. The van der Waals surface area contributed by atoms with Crippen LogP contribution in [0.3, 0.4) is 0 Å². The summed E-state index contributed by atoms with van der Waals surface area (Å²) in [6.07, 6.45) is 0. The van der Waals surface area contributed by atoms with E-state index in [2.05, 4.69) is 4.98 Å². The van der Waals surface area contributed by atoms with Gasteiger partial charge in [0.05, 0.1) is 48.9 Å². The zero-order valence-electron chi connectivity index (χ0n) is 20.5. The van der Waals surface area contributed by atoms with Gasteiger partial charge in [0.2, 0.25) is 11.5 Å². The number of carbonyl (C=O) groups excluding carboxylic acids is 2. The summed E-state index contributed by atoms with van der Waals surface area (Å²) in [5, 5.41) is 0.837. The number of hydrogen-bond donors (Lipinski definition) is 0. The number of ether oxygens (including phenoxy) is 3. The molecule has 190 valence electrons. The molecule has 0 fully saturated rings. The van der Waals surface area contributed by atoms with Gasteiger partial charge in [0.25, 0.3) is 5.91 Å². The van der Waals surface area contributed by atoms with E-state index in [0.29, 0.717) is 38.4 Å². The van der Waals surface area contributed by atoms with Crippen molar-refractivity contribution in [1.82, 2.24) is 4.98 Å². The first-order valence-corrected chi connectivity index (χ1v) is 12.3. The minimum Gasteiger partial charge on any atom is -0.493 e. The molecule has 2 aromatic carbocycles. The summed E-state index contributed by atoms with van der Waals surface area (Å²) >= 11 is 7.24. The summed E-state index contributed by atoms with van der Waals surface area (Å²) < 4.78 is 22.5. The summed E-state index contributed by atoms with van der Waals surface area (Å²) in [4.78, 5) is 46.1. The minimum absolute atomic E-state index is 0.115. The number of thiazole rings is 1. The van der Waals surface area contributed by atoms with E-state index in [1.165, 1.54) is 39.2 Å². The number of methoxy groups -OCH3 is 3. The topological polar surface area (TPSA) is 108 Å². The molecule has 1 aliphatic rings. The van der Waals surface area contributed by atoms with Gasteiger partial charge in [0.1, 0.15) is 5.58 Å². The van der Waals surface area contributed by atoms with Crippen LogP contribution in [0.25, 0.3) is 11.0 Å². The first kappa shape index (κ1) is 24.8. The molecule has 0 spiro atoms. The number of ketones is 1. The summed E-state index contributed by atoms with van der Waals surface area (Å²) in [6, 6.07) is 7.00. The fourth-order valence-corrected chi connectivity index (χ4v) is 5.69.